The van der Waals surface area contributed by atoms with Gasteiger partial charge in [0.15, 0.2) is 0 Å². The molecule has 0 unspecified atom stereocenters. The fourth-order valence-corrected chi connectivity index (χ4v) is 3.06. The molecule has 0 aliphatic carbocycles. The number of aliphatic hydroxyl groups excluding tert-OH is 1. The van der Waals surface area contributed by atoms with Crippen LogP contribution in [0.5, 0.6) is 11.5 Å². The monoisotopic (exact) mass is 398 g/mol. The SMILES string of the molecule is CCC(=O)C(CCCCCCOc1ccc(OCCO)cc1Cl)C(=O)CC. The van der Waals surface area contributed by atoms with E-state index in [1.807, 2.05) is 13.8 Å². The third-order valence-corrected chi connectivity index (χ3v) is 4.68. The van der Waals surface area contributed by atoms with Gasteiger partial charge in [0.2, 0.25) is 0 Å². The van der Waals surface area contributed by atoms with Crippen molar-refractivity contribution in [3.05, 3.63) is 23.2 Å². The minimum atomic E-state index is -0.415. The zero-order valence-electron chi connectivity index (χ0n) is 16.3. The fraction of sp³-hybridized carbons (Fsp3) is 0.619. The highest BCUT2D eigenvalue weighted by Gasteiger charge is 2.22. The van der Waals surface area contributed by atoms with Gasteiger partial charge in [0.1, 0.15) is 29.7 Å². The molecule has 0 aliphatic rings. The lowest BCUT2D eigenvalue weighted by atomic mass is 9.90. The van der Waals surface area contributed by atoms with E-state index in [0.717, 1.165) is 25.7 Å². The predicted molar refractivity (Wildman–Crippen MR) is 107 cm³/mol. The lowest BCUT2D eigenvalue weighted by molar-refractivity contribution is -0.132. The van der Waals surface area contributed by atoms with Gasteiger partial charge >= 0.3 is 0 Å². The van der Waals surface area contributed by atoms with Gasteiger partial charge in [-0.05, 0) is 25.0 Å². The molecule has 0 spiro atoms. The van der Waals surface area contributed by atoms with Crippen molar-refractivity contribution in [1.82, 2.24) is 0 Å². The van der Waals surface area contributed by atoms with Crippen LogP contribution in [0.4, 0.5) is 0 Å². The van der Waals surface area contributed by atoms with Crippen molar-refractivity contribution < 1.29 is 24.2 Å². The summed E-state index contributed by atoms with van der Waals surface area (Å²) < 4.78 is 11.0. The highest BCUT2D eigenvalue weighted by Crippen LogP contribution is 2.29. The van der Waals surface area contributed by atoms with Gasteiger partial charge < -0.3 is 14.6 Å². The molecule has 0 atom stereocenters. The third-order valence-electron chi connectivity index (χ3n) is 4.38. The van der Waals surface area contributed by atoms with E-state index in [1.165, 1.54) is 0 Å². The van der Waals surface area contributed by atoms with Gasteiger partial charge in [0.25, 0.3) is 0 Å². The fourth-order valence-electron chi connectivity index (χ4n) is 2.83. The quantitative estimate of drug-likeness (QED) is 0.345. The molecule has 27 heavy (non-hydrogen) atoms. The molecule has 6 heteroatoms. The average molecular weight is 399 g/mol. The number of hydrogen-bond acceptors (Lipinski definition) is 5. The molecule has 0 saturated heterocycles. The highest BCUT2D eigenvalue weighted by molar-refractivity contribution is 6.32. The van der Waals surface area contributed by atoms with E-state index in [9.17, 15) is 9.59 Å². The minimum Gasteiger partial charge on any atom is -0.492 e. The smallest absolute Gasteiger partial charge is 0.143 e. The Bertz CT molecular complexity index is 572. The number of carbonyl (C=O) groups is 2. The molecular weight excluding hydrogens is 368 g/mol. The van der Waals surface area contributed by atoms with Crippen LogP contribution in [0, 0.1) is 5.92 Å². The van der Waals surface area contributed by atoms with Crippen LogP contribution in [0.15, 0.2) is 18.2 Å². The van der Waals surface area contributed by atoms with E-state index in [2.05, 4.69) is 0 Å². The average Bonchev–Trinajstić information content (AvgIpc) is 2.68. The summed E-state index contributed by atoms with van der Waals surface area (Å²) in [7, 11) is 0. The second-order valence-corrected chi connectivity index (χ2v) is 6.82. The van der Waals surface area contributed by atoms with E-state index in [4.69, 9.17) is 26.2 Å². The number of carbonyl (C=O) groups excluding carboxylic acids is 2. The lowest BCUT2D eigenvalue weighted by Gasteiger charge is -2.13. The number of Topliss-reactive ketones (excluding diaryl/α,β-unsaturated/α-hetero) is 2. The van der Waals surface area contributed by atoms with Crippen molar-refractivity contribution in [2.24, 2.45) is 5.92 Å². The summed E-state index contributed by atoms with van der Waals surface area (Å²) in [5.74, 6) is 0.911. The van der Waals surface area contributed by atoms with Gasteiger partial charge in [-0.15, -0.1) is 0 Å². The van der Waals surface area contributed by atoms with Gasteiger partial charge in [-0.2, -0.15) is 0 Å². The van der Waals surface area contributed by atoms with Crippen LogP contribution in [-0.2, 0) is 9.59 Å². The molecule has 0 aromatic heterocycles. The Labute approximate surface area is 167 Å². The summed E-state index contributed by atoms with van der Waals surface area (Å²) in [4.78, 5) is 23.7. The molecular formula is C21H31ClO5. The first-order valence-electron chi connectivity index (χ1n) is 9.74. The largest absolute Gasteiger partial charge is 0.492 e. The molecule has 0 fully saturated rings. The second kappa shape index (κ2) is 13.6. The van der Waals surface area contributed by atoms with Gasteiger partial charge in [-0.3, -0.25) is 9.59 Å². The number of aliphatic hydroxyl groups is 1. The number of halogens is 1. The van der Waals surface area contributed by atoms with Crippen LogP contribution in [-0.4, -0.2) is 36.5 Å². The minimum absolute atomic E-state index is 0.0458. The second-order valence-electron chi connectivity index (χ2n) is 6.41. The Kier molecular flexibility index (Phi) is 11.8. The zero-order valence-corrected chi connectivity index (χ0v) is 17.1. The van der Waals surface area contributed by atoms with E-state index in [0.29, 0.717) is 42.4 Å². The van der Waals surface area contributed by atoms with Crippen LogP contribution in [0.2, 0.25) is 5.02 Å². The van der Waals surface area contributed by atoms with Crippen molar-refractivity contribution in [2.75, 3.05) is 19.8 Å². The molecule has 1 aromatic rings. The van der Waals surface area contributed by atoms with Crippen LogP contribution < -0.4 is 9.47 Å². The topological polar surface area (TPSA) is 72.8 Å². The predicted octanol–water partition coefficient (Wildman–Crippen LogP) is 4.61. The molecule has 1 rings (SSSR count). The van der Waals surface area contributed by atoms with Crippen LogP contribution in [0.25, 0.3) is 0 Å². The van der Waals surface area contributed by atoms with Gasteiger partial charge in [-0.25, -0.2) is 0 Å². The van der Waals surface area contributed by atoms with Gasteiger partial charge in [-0.1, -0.05) is 44.7 Å². The van der Waals surface area contributed by atoms with E-state index < -0.39 is 5.92 Å². The van der Waals surface area contributed by atoms with Crippen LogP contribution in [0.1, 0.15) is 58.8 Å². The number of unbranched alkanes of at least 4 members (excludes halogenated alkanes) is 3. The van der Waals surface area contributed by atoms with Crippen molar-refractivity contribution >= 4 is 23.2 Å². The van der Waals surface area contributed by atoms with Crippen molar-refractivity contribution in [3.63, 3.8) is 0 Å². The summed E-state index contributed by atoms with van der Waals surface area (Å²) in [6, 6.07) is 5.18. The molecule has 152 valence electrons. The Morgan fingerprint density at radius 2 is 1.67 bits per heavy atom. The summed E-state index contributed by atoms with van der Waals surface area (Å²) in [5, 5.41) is 9.23. The molecule has 0 bridgehead atoms. The standard InChI is InChI=1S/C21H31ClO5/c1-3-19(24)17(20(25)4-2)9-7-5-6-8-13-27-21-11-10-16(15-18(21)22)26-14-12-23/h10-11,15,17,23H,3-9,12-14H2,1-2H3. The first-order chi connectivity index (χ1) is 13.0. The van der Waals surface area contributed by atoms with Crippen molar-refractivity contribution in [3.8, 4) is 11.5 Å². The lowest BCUT2D eigenvalue weighted by Crippen LogP contribution is -2.22. The van der Waals surface area contributed by atoms with Gasteiger partial charge in [0, 0.05) is 18.9 Å². The third kappa shape index (κ3) is 8.76. The van der Waals surface area contributed by atoms with E-state index in [1.54, 1.807) is 18.2 Å². The zero-order chi connectivity index (χ0) is 20.1. The Morgan fingerprint density at radius 1 is 1.00 bits per heavy atom. The maximum Gasteiger partial charge on any atom is 0.143 e. The number of ether oxygens (including phenoxy) is 2. The molecule has 1 aromatic carbocycles. The molecule has 1 N–H and O–H groups in total. The van der Waals surface area contributed by atoms with Crippen molar-refractivity contribution in [1.29, 1.82) is 0 Å². The number of benzene rings is 1. The number of hydrogen-bond donors (Lipinski definition) is 1. The van der Waals surface area contributed by atoms with Crippen molar-refractivity contribution in [2.45, 2.75) is 58.8 Å². The highest BCUT2D eigenvalue weighted by atomic mass is 35.5. The Hall–Kier alpha value is -1.59. The molecule has 0 aliphatic heterocycles. The number of rotatable bonds is 15. The van der Waals surface area contributed by atoms with Crippen LogP contribution >= 0.6 is 11.6 Å². The summed E-state index contributed by atoms with van der Waals surface area (Å²) in [6.07, 6.45) is 5.20. The van der Waals surface area contributed by atoms with E-state index >= 15 is 0 Å². The van der Waals surface area contributed by atoms with Crippen LogP contribution in [0.3, 0.4) is 0 Å². The maximum atomic E-state index is 11.9. The molecule has 0 radical (unpaired) electrons. The summed E-state index contributed by atoms with van der Waals surface area (Å²) in [5.41, 5.74) is 0. The Balaban J connectivity index is 2.25. The molecule has 5 nitrogen and oxygen atoms in total. The normalized spacial score (nSPS) is 10.9. The van der Waals surface area contributed by atoms with Gasteiger partial charge in [0.05, 0.1) is 24.2 Å². The molecule has 0 saturated carbocycles. The maximum absolute atomic E-state index is 11.9. The molecule has 0 heterocycles. The summed E-state index contributed by atoms with van der Waals surface area (Å²) >= 11 is 6.16. The first-order valence-corrected chi connectivity index (χ1v) is 10.1. The molecule has 0 amide bonds. The van der Waals surface area contributed by atoms with E-state index in [-0.39, 0.29) is 24.8 Å². The number of ketones is 2. The Morgan fingerprint density at radius 3 is 2.26 bits per heavy atom. The first kappa shape index (κ1) is 23.4. The summed E-state index contributed by atoms with van der Waals surface area (Å²) in [6.45, 7) is 4.36.